The van der Waals surface area contributed by atoms with Crippen molar-refractivity contribution in [1.82, 2.24) is 9.99 Å². The molecule has 1 aliphatic heterocycles. The van der Waals surface area contributed by atoms with Crippen molar-refractivity contribution in [3.05, 3.63) is 52.8 Å². The number of rotatable bonds is 7. The molecule has 3 rings (SSSR count). The lowest BCUT2D eigenvalue weighted by Gasteiger charge is -2.14. The molecule has 0 aliphatic carbocycles. The molecule has 1 amide bonds. The molecule has 1 aromatic carbocycles. The van der Waals surface area contributed by atoms with E-state index in [0.29, 0.717) is 5.75 Å². The Morgan fingerprint density at radius 3 is 2.96 bits per heavy atom. The monoisotopic (exact) mass is 369 g/mol. The number of hydrogen-bond acceptors (Lipinski definition) is 4. The Labute approximate surface area is 160 Å². The molecule has 2 heterocycles. The van der Waals surface area contributed by atoms with Crippen molar-refractivity contribution in [2.75, 3.05) is 13.2 Å². The predicted octanol–water partition coefficient (Wildman–Crippen LogP) is 3.12. The number of carbonyl (C=O) groups is 1. The Kier molecular flexibility index (Phi) is 6.29. The number of hydrogen-bond donors (Lipinski definition) is 1. The van der Waals surface area contributed by atoms with Crippen LogP contribution in [0.5, 0.6) is 5.75 Å². The number of amides is 1. The van der Waals surface area contributed by atoms with Crippen molar-refractivity contribution in [2.24, 2.45) is 5.10 Å². The van der Waals surface area contributed by atoms with Gasteiger partial charge in [-0.1, -0.05) is 12.1 Å². The molecule has 6 heteroatoms. The fourth-order valence-electron chi connectivity index (χ4n) is 3.29. The van der Waals surface area contributed by atoms with E-state index in [1.54, 1.807) is 6.21 Å². The van der Waals surface area contributed by atoms with Crippen LogP contribution in [0.2, 0.25) is 0 Å². The summed E-state index contributed by atoms with van der Waals surface area (Å²) in [5, 5.41) is 4.07. The Morgan fingerprint density at radius 1 is 1.37 bits per heavy atom. The highest BCUT2D eigenvalue weighted by Crippen LogP contribution is 2.19. The van der Waals surface area contributed by atoms with Gasteiger partial charge in [-0.15, -0.1) is 0 Å². The van der Waals surface area contributed by atoms with Crippen LogP contribution in [0.25, 0.3) is 0 Å². The molecule has 1 N–H and O–H groups in total. The van der Waals surface area contributed by atoms with Gasteiger partial charge >= 0.3 is 0 Å². The second-order valence-corrected chi connectivity index (χ2v) is 6.97. The predicted molar refractivity (Wildman–Crippen MR) is 105 cm³/mol. The fraction of sp³-hybridized carbons (Fsp3) is 0.429. The van der Waals surface area contributed by atoms with Gasteiger partial charge in [0, 0.05) is 30.1 Å². The molecule has 1 atom stereocenters. The van der Waals surface area contributed by atoms with Crippen LogP contribution >= 0.6 is 0 Å². The molecule has 0 unspecified atom stereocenters. The summed E-state index contributed by atoms with van der Waals surface area (Å²) in [7, 11) is 0. The van der Waals surface area contributed by atoms with Crippen LogP contribution in [0.15, 0.2) is 35.4 Å². The zero-order valence-electron chi connectivity index (χ0n) is 16.2. The Balaban J connectivity index is 1.52. The SMILES string of the molecule is Cc1cccc(OCC(=O)N/N=C\c2cc(C)n(C[C@@H]3CCCO3)c2C)c1. The topological polar surface area (TPSA) is 64.8 Å². The van der Waals surface area contributed by atoms with Gasteiger partial charge in [0.15, 0.2) is 6.61 Å². The van der Waals surface area contributed by atoms with Crippen molar-refractivity contribution >= 4 is 12.1 Å². The van der Waals surface area contributed by atoms with Gasteiger partial charge in [0.2, 0.25) is 0 Å². The van der Waals surface area contributed by atoms with Crippen molar-refractivity contribution in [2.45, 2.75) is 46.3 Å². The number of hydrazone groups is 1. The van der Waals surface area contributed by atoms with Crippen LogP contribution in [0.1, 0.15) is 35.4 Å². The molecule has 1 aliphatic rings. The van der Waals surface area contributed by atoms with E-state index < -0.39 is 0 Å². The second kappa shape index (κ2) is 8.86. The minimum atomic E-state index is -0.291. The number of aromatic nitrogens is 1. The summed E-state index contributed by atoms with van der Waals surface area (Å²) >= 11 is 0. The van der Waals surface area contributed by atoms with Crippen LogP contribution in [0, 0.1) is 20.8 Å². The molecule has 0 saturated carbocycles. The fourth-order valence-corrected chi connectivity index (χ4v) is 3.29. The number of nitrogens with zero attached hydrogens (tertiary/aromatic N) is 2. The molecule has 144 valence electrons. The number of aryl methyl sites for hydroxylation is 2. The zero-order chi connectivity index (χ0) is 19.2. The van der Waals surface area contributed by atoms with E-state index in [0.717, 1.165) is 42.8 Å². The first-order chi connectivity index (χ1) is 13.0. The van der Waals surface area contributed by atoms with E-state index in [1.165, 1.54) is 5.69 Å². The van der Waals surface area contributed by atoms with Gasteiger partial charge in [0.1, 0.15) is 5.75 Å². The van der Waals surface area contributed by atoms with Gasteiger partial charge in [0.05, 0.1) is 12.3 Å². The minimum Gasteiger partial charge on any atom is -0.484 e. The van der Waals surface area contributed by atoms with Gasteiger partial charge in [0.25, 0.3) is 5.91 Å². The van der Waals surface area contributed by atoms with Crippen molar-refractivity contribution in [1.29, 1.82) is 0 Å². The van der Waals surface area contributed by atoms with E-state index in [1.807, 2.05) is 31.2 Å². The summed E-state index contributed by atoms with van der Waals surface area (Å²) in [5.74, 6) is 0.382. The van der Waals surface area contributed by atoms with Crippen molar-refractivity contribution in [3.63, 3.8) is 0 Å². The molecule has 1 fully saturated rings. The minimum absolute atomic E-state index is 0.0706. The molecule has 1 saturated heterocycles. The van der Waals surface area contributed by atoms with E-state index in [-0.39, 0.29) is 18.6 Å². The van der Waals surface area contributed by atoms with E-state index >= 15 is 0 Å². The molecule has 0 bridgehead atoms. The van der Waals surface area contributed by atoms with E-state index in [2.05, 4.69) is 35.0 Å². The second-order valence-electron chi connectivity index (χ2n) is 6.97. The van der Waals surface area contributed by atoms with Crippen LogP contribution in [-0.2, 0) is 16.1 Å². The molecule has 0 radical (unpaired) electrons. The van der Waals surface area contributed by atoms with Crippen molar-refractivity contribution < 1.29 is 14.3 Å². The molecule has 27 heavy (non-hydrogen) atoms. The Bertz CT molecular complexity index is 820. The lowest BCUT2D eigenvalue weighted by molar-refractivity contribution is -0.123. The third kappa shape index (κ3) is 5.20. The smallest absolute Gasteiger partial charge is 0.277 e. The van der Waals surface area contributed by atoms with Gasteiger partial charge in [-0.25, -0.2) is 5.43 Å². The van der Waals surface area contributed by atoms with Crippen molar-refractivity contribution in [3.8, 4) is 5.75 Å². The average molecular weight is 369 g/mol. The summed E-state index contributed by atoms with van der Waals surface area (Å²) in [6.07, 6.45) is 4.21. The number of carbonyl (C=O) groups excluding carboxylic acids is 1. The van der Waals surface area contributed by atoms with Gasteiger partial charge in [-0.3, -0.25) is 4.79 Å². The maximum Gasteiger partial charge on any atom is 0.277 e. The highest BCUT2D eigenvalue weighted by atomic mass is 16.5. The van der Waals surface area contributed by atoms with Crippen LogP contribution in [0.4, 0.5) is 0 Å². The Morgan fingerprint density at radius 2 is 2.22 bits per heavy atom. The zero-order valence-corrected chi connectivity index (χ0v) is 16.2. The van der Waals surface area contributed by atoms with Crippen LogP contribution in [-0.4, -0.2) is 36.0 Å². The molecular formula is C21H27N3O3. The number of nitrogens with one attached hydrogen (secondary N) is 1. The third-order valence-corrected chi connectivity index (χ3v) is 4.78. The van der Waals surface area contributed by atoms with Gasteiger partial charge in [-0.05, 0) is 57.4 Å². The quantitative estimate of drug-likeness (QED) is 0.602. The molecule has 2 aromatic rings. The summed E-state index contributed by atoms with van der Waals surface area (Å²) in [6.45, 7) is 7.77. The molecular weight excluding hydrogens is 342 g/mol. The highest BCUT2D eigenvalue weighted by molar-refractivity contribution is 5.84. The molecule has 0 spiro atoms. The largest absolute Gasteiger partial charge is 0.484 e. The maximum atomic E-state index is 11.9. The molecule has 6 nitrogen and oxygen atoms in total. The first kappa shape index (κ1) is 19.2. The van der Waals surface area contributed by atoms with Gasteiger partial charge < -0.3 is 14.0 Å². The standard InChI is InChI=1S/C21H27N3O3/c1-15-6-4-7-19(10-15)27-14-21(25)23-22-12-18-11-16(2)24(17(18)3)13-20-8-5-9-26-20/h4,6-7,10-12,20H,5,8-9,13-14H2,1-3H3,(H,23,25)/b22-12-/t20-/m0/s1. The highest BCUT2D eigenvalue weighted by Gasteiger charge is 2.18. The van der Waals surface area contributed by atoms with Gasteiger partial charge in [-0.2, -0.15) is 5.10 Å². The third-order valence-electron chi connectivity index (χ3n) is 4.78. The normalized spacial score (nSPS) is 16.8. The first-order valence-corrected chi connectivity index (χ1v) is 9.32. The summed E-state index contributed by atoms with van der Waals surface area (Å²) in [6, 6.07) is 9.66. The van der Waals surface area contributed by atoms with Crippen LogP contribution < -0.4 is 10.2 Å². The Hall–Kier alpha value is -2.60. The maximum absolute atomic E-state index is 11.9. The molecule has 1 aromatic heterocycles. The average Bonchev–Trinajstić information content (AvgIpc) is 3.24. The van der Waals surface area contributed by atoms with E-state index in [4.69, 9.17) is 9.47 Å². The van der Waals surface area contributed by atoms with Crippen LogP contribution in [0.3, 0.4) is 0 Å². The summed E-state index contributed by atoms with van der Waals surface area (Å²) in [5.41, 5.74) is 6.88. The lowest BCUT2D eigenvalue weighted by Crippen LogP contribution is -2.24. The lowest BCUT2D eigenvalue weighted by atomic mass is 10.2. The summed E-state index contributed by atoms with van der Waals surface area (Å²) < 4.78 is 13.5. The number of benzene rings is 1. The number of ether oxygens (including phenoxy) is 2. The summed E-state index contributed by atoms with van der Waals surface area (Å²) in [4.78, 5) is 11.9. The first-order valence-electron chi connectivity index (χ1n) is 9.32. The van der Waals surface area contributed by atoms with E-state index in [9.17, 15) is 4.79 Å².